The van der Waals surface area contributed by atoms with Gasteiger partial charge in [-0.2, -0.15) is 0 Å². The van der Waals surface area contributed by atoms with E-state index in [1.807, 2.05) is 30.3 Å². The molecule has 2 aromatic rings. The normalized spacial score (nSPS) is 12.2. The molecule has 2 aromatic carbocycles. The second kappa shape index (κ2) is 7.69. The summed E-state index contributed by atoms with van der Waals surface area (Å²) in [4.78, 5) is 0. The van der Waals surface area contributed by atoms with Crippen molar-refractivity contribution >= 4 is 23.2 Å². The molecule has 0 heterocycles. The van der Waals surface area contributed by atoms with Gasteiger partial charge in [-0.25, -0.2) is 0 Å². The smallest absolute Gasteiger partial charge is 0.137 e. The minimum absolute atomic E-state index is 0.208. The molecule has 1 N–H and O–H groups in total. The summed E-state index contributed by atoms with van der Waals surface area (Å²) in [6, 6.07) is 14.1. The number of methoxy groups -OCH3 is 1. The number of ether oxygens (including phenoxy) is 1. The van der Waals surface area contributed by atoms with Gasteiger partial charge in [0.2, 0.25) is 0 Å². The Kier molecular flexibility index (Phi) is 5.92. The Morgan fingerprint density at radius 1 is 1.10 bits per heavy atom. The van der Waals surface area contributed by atoms with Gasteiger partial charge in [0.1, 0.15) is 5.75 Å². The SMILES string of the molecule is CCNC(Cc1ccc(Cl)cc1)c1ccc(OC)c(Cl)c1. The Bertz CT molecular complexity index is 584. The largest absolute Gasteiger partial charge is 0.495 e. The lowest BCUT2D eigenvalue weighted by atomic mass is 9.98. The summed E-state index contributed by atoms with van der Waals surface area (Å²) in [5.41, 5.74) is 2.38. The maximum absolute atomic E-state index is 6.23. The summed E-state index contributed by atoms with van der Waals surface area (Å²) in [6.07, 6.45) is 0.883. The van der Waals surface area contributed by atoms with E-state index in [1.165, 1.54) is 5.56 Å². The third-order valence-corrected chi connectivity index (χ3v) is 3.93. The fraction of sp³-hybridized carbons (Fsp3) is 0.294. The summed E-state index contributed by atoms with van der Waals surface area (Å²) < 4.78 is 5.20. The molecule has 21 heavy (non-hydrogen) atoms. The zero-order valence-electron chi connectivity index (χ0n) is 12.2. The Hall–Kier alpha value is -1.22. The molecule has 0 amide bonds. The van der Waals surface area contributed by atoms with Crippen LogP contribution in [0.25, 0.3) is 0 Å². The lowest BCUT2D eigenvalue weighted by Gasteiger charge is -2.19. The monoisotopic (exact) mass is 323 g/mol. The summed E-state index contributed by atoms with van der Waals surface area (Å²) >= 11 is 12.2. The van der Waals surface area contributed by atoms with Gasteiger partial charge >= 0.3 is 0 Å². The quantitative estimate of drug-likeness (QED) is 0.816. The van der Waals surface area contributed by atoms with Gasteiger partial charge in [0.25, 0.3) is 0 Å². The van der Waals surface area contributed by atoms with Crippen LogP contribution in [-0.2, 0) is 6.42 Å². The zero-order chi connectivity index (χ0) is 15.2. The Morgan fingerprint density at radius 3 is 2.38 bits per heavy atom. The van der Waals surface area contributed by atoms with E-state index in [-0.39, 0.29) is 6.04 Å². The van der Waals surface area contributed by atoms with Crippen LogP contribution in [0.3, 0.4) is 0 Å². The lowest BCUT2D eigenvalue weighted by molar-refractivity contribution is 0.414. The van der Waals surface area contributed by atoms with Gasteiger partial charge in [-0.1, -0.05) is 48.3 Å². The molecule has 0 fully saturated rings. The first-order chi connectivity index (χ1) is 10.1. The summed E-state index contributed by atoms with van der Waals surface area (Å²) in [5.74, 6) is 0.696. The van der Waals surface area contributed by atoms with Crippen molar-refractivity contribution in [1.82, 2.24) is 5.32 Å². The summed E-state index contributed by atoms with van der Waals surface area (Å²) in [6.45, 7) is 2.99. The molecule has 1 atom stereocenters. The molecule has 0 saturated heterocycles. The zero-order valence-corrected chi connectivity index (χ0v) is 13.7. The van der Waals surface area contributed by atoms with Gasteiger partial charge in [0.15, 0.2) is 0 Å². The molecular formula is C17H19Cl2NO. The lowest BCUT2D eigenvalue weighted by Crippen LogP contribution is -2.23. The van der Waals surface area contributed by atoms with E-state index in [4.69, 9.17) is 27.9 Å². The Balaban J connectivity index is 2.21. The molecule has 0 aliphatic heterocycles. The van der Waals surface area contributed by atoms with Gasteiger partial charge in [0, 0.05) is 11.1 Å². The van der Waals surface area contributed by atoms with Crippen molar-refractivity contribution in [3.8, 4) is 5.75 Å². The van der Waals surface area contributed by atoms with E-state index in [0.717, 1.165) is 23.6 Å². The van der Waals surface area contributed by atoms with E-state index >= 15 is 0 Å². The minimum Gasteiger partial charge on any atom is -0.495 e. The molecule has 0 aliphatic rings. The molecule has 0 bridgehead atoms. The highest BCUT2D eigenvalue weighted by molar-refractivity contribution is 6.32. The van der Waals surface area contributed by atoms with E-state index < -0.39 is 0 Å². The first kappa shape index (κ1) is 16.2. The molecule has 0 aliphatic carbocycles. The number of hydrogen-bond acceptors (Lipinski definition) is 2. The standard InChI is InChI=1S/C17H19Cl2NO/c1-3-20-16(10-12-4-7-14(18)8-5-12)13-6-9-17(21-2)15(19)11-13/h4-9,11,16,20H,3,10H2,1-2H3. The third-order valence-electron chi connectivity index (χ3n) is 3.38. The van der Waals surface area contributed by atoms with Crippen LogP contribution in [0.15, 0.2) is 42.5 Å². The van der Waals surface area contributed by atoms with Crippen LogP contribution >= 0.6 is 23.2 Å². The highest BCUT2D eigenvalue weighted by atomic mass is 35.5. The van der Waals surface area contributed by atoms with Gasteiger partial charge in [-0.15, -0.1) is 0 Å². The first-order valence-electron chi connectivity index (χ1n) is 6.95. The van der Waals surface area contributed by atoms with Crippen molar-refractivity contribution in [2.24, 2.45) is 0 Å². The van der Waals surface area contributed by atoms with E-state index in [1.54, 1.807) is 7.11 Å². The molecule has 112 valence electrons. The van der Waals surface area contributed by atoms with Crippen molar-refractivity contribution in [3.63, 3.8) is 0 Å². The average molecular weight is 324 g/mol. The molecule has 1 unspecified atom stereocenters. The predicted octanol–water partition coefficient (Wildman–Crippen LogP) is 4.90. The van der Waals surface area contributed by atoms with E-state index in [2.05, 4.69) is 24.4 Å². The van der Waals surface area contributed by atoms with Gasteiger partial charge in [-0.3, -0.25) is 0 Å². The number of hydrogen-bond donors (Lipinski definition) is 1. The van der Waals surface area contributed by atoms with Crippen LogP contribution in [0.4, 0.5) is 0 Å². The van der Waals surface area contributed by atoms with Crippen molar-refractivity contribution in [2.75, 3.05) is 13.7 Å². The fourth-order valence-electron chi connectivity index (χ4n) is 2.31. The first-order valence-corrected chi connectivity index (χ1v) is 7.71. The molecule has 2 nitrogen and oxygen atoms in total. The Morgan fingerprint density at radius 2 is 1.81 bits per heavy atom. The second-order valence-electron chi connectivity index (χ2n) is 4.83. The van der Waals surface area contributed by atoms with Gasteiger partial charge < -0.3 is 10.1 Å². The fourth-order valence-corrected chi connectivity index (χ4v) is 2.70. The van der Waals surface area contributed by atoms with Crippen molar-refractivity contribution in [2.45, 2.75) is 19.4 Å². The third kappa shape index (κ3) is 4.37. The topological polar surface area (TPSA) is 21.3 Å². The second-order valence-corrected chi connectivity index (χ2v) is 5.68. The molecule has 0 spiro atoms. The molecule has 0 aromatic heterocycles. The maximum atomic E-state index is 6.23. The molecule has 2 rings (SSSR count). The Labute approximate surface area is 136 Å². The number of rotatable bonds is 6. The van der Waals surface area contributed by atoms with Crippen LogP contribution in [0.5, 0.6) is 5.75 Å². The average Bonchev–Trinajstić information content (AvgIpc) is 2.49. The van der Waals surface area contributed by atoms with Crippen molar-refractivity contribution in [3.05, 3.63) is 63.6 Å². The molecule has 0 radical (unpaired) electrons. The van der Waals surface area contributed by atoms with Crippen LogP contribution in [0.1, 0.15) is 24.1 Å². The van der Waals surface area contributed by atoms with Gasteiger partial charge in [0.05, 0.1) is 12.1 Å². The van der Waals surface area contributed by atoms with Crippen molar-refractivity contribution in [1.29, 1.82) is 0 Å². The highest BCUT2D eigenvalue weighted by Crippen LogP contribution is 2.29. The van der Waals surface area contributed by atoms with Crippen LogP contribution in [-0.4, -0.2) is 13.7 Å². The van der Waals surface area contributed by atoms with Crippen LogP contribution in [0.2, 0.25) is 10.0 Å². The molecule has 0 saturated carbocycles. The number of halogens is 2. The number of benzene rings is 2. The molecular weight excluding hydrogens is 305 g/mol. The maximum Gasteiger partial charge on any atom is 0.137 e. The van der Waals surface area contributed by atoms with Gasteiger partial charge in [-0.05, 0) is 48.4 Å². The highest BCUT2D eigenvalue weighted by Gasteiger charge is 2.13. The number of nitrogens with one attached hydrogen (secondary N) is 1. The van der Waals surface area contributed by atoms with Crippen LogP contribution in [0, 0.1) is 0 Å². The summed E-state index contributed by atoms with van der Waals surface area (Å²) in [7, 11) is 1.62. The van der Waals surface area contributed by atoms with E-state index in [9.17, 15) is 0 Å². The van der Waals surface area contributed by atoms with Crippen LogP contribution < -0.4 is 10.1 Å². The predicted molar refractivity (Wildman–Crippen MR) is 89.6 cm³/mol. The summed E-state index contributed by atoms with van der Waals surface area (Å²) in [5, 5.41) is 4.88. The number of likely N-dealkylation sites (N-methyl/N-ethyl adjacent to an activating group) is 1. The van der Waals surface area contributed by atoms with E-state index in [0.29, 0.717) is 10.8 Å². The minimum atomic E-state index is 0.208. The molecule has 4 heteroatoms. The van der Waals surface area contributed by atoms with Crippen molar-refractivity contribution < 1.29 is 4.74 Å².